The number of hydrogen-bond acceptors (Lipinski definition) is 3. The van der Waals surface area contributed by atoms with Crippen molar-refractivity contribution in [2.45, 2.75) is 31.0 Å². The maximum Gasteiger partial charge on any atom is 0.122 e. The maximum atomic E-state index is 9.37. The van der Waals surface area contributed by atoms with Crippen LogP contribution in [0.4, 0.5) is 0 Å². The highest BCUT2D eigenvalue weighted by Crippen LogP contribution is 2.26. The van der Waals surface area contributed by atoms with Crippen LogP contribution in [0.5, 0.6) is 5.75 Å². The molecule has 0 aliphatic rings. The SMILES string of the molecule is COc1ccccc1CSC(C)C(C)O. The second-order valence-electron chi connectivity index (χ2n) is 3.57. The van der Waals surface area contributed by atoms with Gasteiger partial charge in [0, 0.05) is 16.6 Å². The largest absolute Gasteiger partial charge is 0.496 e. The molecule has 2 nitrogen and oxygen atoms in total. The van der Waals surface area contributed by atoms with Crippen molar-refractivity contribution in [1.29, 1.82) is 0 Å². The summed E-state index contributed by atoms with van der Waals surface area (Å²) in [6.45, 7) is 3.85. The Morgan fingerprint density at radius 1 is 1.33 bits per heavy atom. The lowest BCUT2D eigenvalue weighted by atomic mass is 10.2. The van der Waals surface area contributed by atoms with Gasteiger partial charge in [-0.1, -0.05) is 25.1 Å². The minimum absolute atomic E-state index is 0.245. The van der Waals surface area contributed by atoms with E-state index in [1.165, 1.54) is 5.56 Å². The molecule has 0 amide bonds. The monoisotopic (exact) mass is 226 g/mol. The van der Waals surface area contributed by atoms with Crippen molar-refractivity contribution in [3.8, 4) is 5.75 Å². The quantitative estimate of drug-likeness (QED) is 0.837. The number of aliphatic hydroxyl groups is 1. The Bertz CT molecular complexity index is 299. The third-order valence-electron chi connectivity index (χ3n) is 2.37. The molecular formula is C12H18O2S. The van der Waals surface area contributed by atoms with E-state index in [1.54, 1.807) is 18.9 Å². The van der Waals surface area contributed by atoms with E-state index in [4.69, 9.17) is 4.74 Å². The van der Waals surface area contributed by atoms with E-state index in [9.17, 15) is 5.11 Å². The lowest BCUT2D eigenvalue weighted by molar-refractivity contribution is 0.196. The van der Waals surface area contributed by atoms with Crippen LogP contribution < -0.4 is 4.74 Å². The van der Waals surface area contributed by atoms with Crippen molar-refractivity contribution in [2.75, 3.05) is 7.11 Å². The molecule has 3 heteroatoms. The number of methoxy groups -OCH3 is 1. The summed E-state index contributed by atoms with van der Waals surface area (Å²) in [4.78, 5) is 0. The lowest BCUT2D eigenvalue weighted by Crippen LogP contribution is -2.15. The van der Waals surface area contributed by atoms with E-state index >= 15 is 0 Å². The normalized spacial score (nSPS) is 14.7. The van der Waals surface area contributed by atoms with Gasteiger partial charge >= 0.3 is 0 Å². The van der Waals surface area contributed by atoms with Crippen LogP contribution in [0.25, 0.3) is 0 Å². The zero-order valence-corrected chi connectivity index (χ0v) is 10.3. The summed E-state index contributed by atoms with van der Waals surface area (Å²) in [6.07, 6.45) is -0.273. The van der Waals surface area contributed by atoms with Crippen molar-refractivity contribution in [2.24, 2.45) is 0 Å². The van der Waals surface area contributed by atoms with E-state index in [0.717, 1.165) is 11.5 Å². The van der Waals surface area contributed by atoms with Crippen LogP contribution in [0, 0.1) is 0 Å². The Labute approximate surface area is 95.7 Å². The molecular weight excluding hydrogens is 208 g/mol. The van der Waals surface area contributed by atoms with Crippen LogP contribution in [0.3, 0.4) is 0 Å². The molecule has 84 valence electrons. The van der Waals surface area contributed by atoms with Crippen molar-refractivity contribution < 1.29 is 9.84 Å². The maximum absolute atomic E-state index is 9.37. The fraction of sp³-hybridized carbons (Fsp3) is 0.500. The highest BCUT2D eigenvalue weighted by molar-refractivity contribution is 7.99. The molecule has 0 radical (unpaired) electrons. The molecule has 2 atom stereocenters. The average molecular weight is 226 g/mol. The Morgan fingerprint density at radius 2 is 2.00 bits per heavy atom. The van der Waals surface area contributed by atoms with Gasteiger partial charge in [-0.3, -0.25) is 0 Å². The lowest BCUT2D eigenvalue weighted by Gasteiger charge is -2.15. The first-order valence-electron chi connectivity index (χ1n) is 5.06. The second kappa shape index (κ2) is 6.03. The molecule has 15 heavy (non-hydrogen) atoms. The minimum Gasteiger partial charge on any atom is -0.496 e. The molecule has 1 aromatic carbocycles. The van der Waals surface area contributed by atoms with Gasteiger partial charge in [0.15, 0.2) is 0 Å². The zero-order valence-electron chi connectivity index (χ0n) is 9.43. The Hall–Kier alpha value is -0.670. The number of para-hydroxylation sites is 1. The minimum atomic E-state index is -0.273. The van der Waals surface area contributed by atoms with Crippen LogP contribution in [-0.2, 0) is 5.75 Å². The Kier molecular flexibility index (Phi) is 4.99. The van der Waals surface area contributed by atoms with E-state index < -0.39 is 0 Å². The van der Waals surface area contributed by atoms with Crippen LogP contribution >= 0.6 is 11.8 Å². The van der Waals surface area contributed by atoms with Gasteiger partial charge in [0.2, 0.25) is 0 Å². The molecule has 0 saturated heterocycles. The molecule has 1 aromatic rings. The topological polar surface area (TPSA) is 29.5 Å². The molecule has 2 unspecified atom stereocenters. The van der Waals surface area contributed by atoms with Gasteiger partial charge in [0.25, 0.3) is 0 Å². The molecule has 0 aliphatic heterocycles. The van der Waals surface area contributed by atoms with E-state index in [0.29, 0.717) is 0 Å². The van der Waals surface area contributed by atoms with Crippen LogP contribution in [0.1, 0.15) is 19.4 Å². The fourth-order valence-corrected chi connectivity index (χ4v) is 2.14. The molecule has 0 saturated carbocycles. The van der Waals surface area contributed by atoms with Gasteiger partial charge in [-0.05, 0) is 13.0 Å². The van der Waals surface area contributed by atoms with Crippen LogP contribution in [-0.4, -0.2) is 23.6 Å². The van der Waals surface area contributed by atoms with Gasteiger partial charge in [0.1, 0.15) is 5.75 Å². The number of thioether (sulfide) groups is 1. The molecule has 0 spiro atoms. The van der Waals surface area contributed by atoms with Crippen molar-refractivity contribution in [1.82, 2.24) is 0 Å². The number of benzene rings is 1. The first kappa shape index (κ1) is 12.4. The number of hydrogen-bond donors (Lipinski definition) is 1. The third kappa shape index (κ3) is 3.76. The molecule has 0 aromatic heterocycles. The molecule has 1 rings (SSSR count). The smallest absolute Gasteiger partial charge is 0.122 e. The Balaban J connectivity index is 2.57. The first-order chi connectivity index (χ1) is 7.15. The zero-order chi connectivity index (χ0) is 11.3. The third-order valence-corrected chi connectivity index (χ3v) is 3.77. The summed E-state index contributed by atoms with van der Waals surface area (Å²) >= 11 is 1.74. The van der Waals surface area contributed by atoms with Gasteiger partial charge < -0.3 is 9.84 Å². The molecule has 0 bridgehead atoms. The Morgan fingerprint density at radius 3 is 2.60 bits per heavy atom. The standard InChI is InChI=1S/C12H18O2S/c1-9(13)10(2)15-8-11-6-4-5-7-12(11)14-3/h4-7,9-10,13H,8H2,1-3H3. The summed E-state index contributed by atoms with van der Waals surface area (Å²) in [5.41, 5.74) is 1.18. The highest BCUT2D eigenvalue weighted by atomic mass is 32.2. The van der Waals surface area contributed by atoms with Crippen LogP contribution in [0.15, 0.2) is 24.3 Å². The molecule has 0 aliphatic carbocycles. The van der Waals surface area contributed by atoms with E-state index in [1.807, 2.05) is 32.0 Å². The summed E-state index contributed by atoms with van der Waals surface area (Å²) in [6, 6.07) is 7.99. The molecule has 0 heterocycles. The average Bonchev–Trinajstić information content (AvgIpc) is 2.26. The van der Waals surface area contributed by atoms with Crippen LogP contribution in [0.2, 0.25) is 0 Å². The van der Waals surface area contributed by atoms with Gasteiger partial charge in [-0.15, -0.1) is 0 Å². The van der Waals surface area contributed by atoms with Crippen molar-refractivity contribution in [3.63, 3.8) is 0 Å². The predicted octanol–water partition coefficient (Wildman–Crippen LogP) is 2.70. The van der Waals surface area contributed by atoms with Crippen molar-refractivity contribution in [3.05, 3.63) is 29.8 Å². The van der Waals surface area contributed by atoms with Crippen molar-refractivity contribution >= 4 is 11.8 Å². The fourth-order valence-electron chi connectivity index (χ4n) is 1.18. The predicted molar refractivity (Wildman–Crippen MR) is 65.4 cm³/mol. The number of aliphatic hydroxyl groups excluding tert-OH is 1. The summed E-state index contributed by atoms with van der Waals surface area (Å²) in [5.74, 6) is 1.79. The summed E-state index contributed by atoms with van der Waals surface area (Å²) in [7, 11) is 1.68. The number of ether oxygens (including phenoxy) is 1. The highest BCUT2D eigenvalue weighted by Gasteiger charge is 2.10. The van der Waals surface area contributed by atoms with E-state index in [2.05, 4.69) is 6.07 Å². The van der Waals surface area contributed by atoms with Gasteiger partial charge in [0.05, 0.1) is 13.2 Å². The summed E-state index contributed by atoms with van der Waals surface area (Å²) in [5, 5.41) is 9.62. The number of rotatable bonds is 5. The van der Waals surface area contributed by atoms with Gasteiger partial charge in [-0.2, -0.15) is 11.8 Å². The second-order valence-corrected chi connectivity index (χ2v) is 4.93. The van der Waals surface area contributed by atoms with Gasteiger partial charge in [-0.25, -0.2) is 0 Å². The first-order valence-corrected chi connectivity index (χ1v) is 6.11. The molecule has 1 N–H and O–H groups in total. The molecule has 0 fully saturated rings. The summed E-state index contributed by atoms with van der Waals surface area (Å²) < 4.78 is 5.26. The van der Waals surface area contributed by atoms with E-state index in [-0.39, 0.29) is 11.4 Å².